The van der Waals surface area contributed by atoms with E-state index in [1.807, 2.05) is 0 Å². The fraction of sp³-hybridized carbons (Fsp3) is 0.731. The third-order valence-electron chi connectivity index (χ3n) is 7.51. The molecule has 4 rings (SSSR count). The molecule has 172 valence electrons. The number of carbonyl (C=O) groups excluding carboxylic acids is 1. The Bertz CT molecular complexity index is 710. The van der Waals surface area contributed by atoms with Crippen LogP contribution in [0.2, 0.25) is 0 Å². The van der Waals surface area contributed by atoms with Gasteiger partial charge in [-0.1, -0.05) is 24.6 Å². The van der Waals surface area contributed by atoms with Gasteiger partial charge in [-0.15, -0.1) is 0 Å². The van der Waals surface area contributed by atoms with Crippen molar-refractivity contribution >= 4 is 5.91 Å². The van der Waals surface area contributed by atoms with E-state index in [4.69, 9.17) is 9.47 Å². The van der Waals surface area contributed by atoms with Crippen LogP contribution in [0, 0.1) is 11.3 Å². The Morgan fingerprint density at radius 1 is 1.13 bits per heavy atom. The van der Waals surface area contributed by atoms with E-state index in [2.05, 4.69) is 34.1 Å². The van der Waals surface area contributed by atoms with Crippen molar-refractivity contribution in [2.24, 2.45) is 11.3 Å². The summed E-state index contributed by atoms with van der Waals surface area (Å²) in [7, 11) is 1.67. The fourth-order valence-electron chi connectivity index (χ4n) is 5.39. The fourth-order valence-corrected chi connectivity index (χ4v) is 5.39. The maximum absolute atomic E-state index is 12.5. The molecule has 1 spiro atoms. The van der Waals surface area contributed by atoms with Crippen LogP contribution in [0.4, 0.5) is 0 Å². The minimum absolute atomic E-state index is 0.254. The average molecular weight is 429 g/mol. The highest BCUT2D eigenvalue weighted by Crippen LogP contribution is 2.39. The SMILES string of the molecule is COCCC(=O)N1CCC2(CCCCc3ccccc3OCCN(CC3CC3)C2)CC1. The summed E-state index contributed by atoms with van der Waals surface area (Å²) in [6, 6.07) is 8.57. The molecule has 31 heavy (non-hydrogen) atoms. The molecule has 1 aromatic rings. The molecule has 2 aliphatic heterocycles. The zero-order chi connectivity index (χ0) is 21.5. The van der Waals surface area contributed by atoms with Crippen molar-refractivity contribution in [3.63, 3.8) is 0 Å². The van der Waals surface area contributed by atoms with Crippen molar-refractivity contribution in [3.8, 4) is 5.75 Å². The molecule has 1 saturated heterocycles. The van der Waals surface area contributed by atoms with Crippen LogP contribution in [0.5, 0.6) is 5.75 Å². The molecular formula is C26H40N2O3. The predicted molar refractivity (Wildman–Crippen MR) is 123 cm³/mol. The van der Waals surface area contributed by atoms with Crippen LogP contribution in [0.15, 0.2) is 24.3 Å². The van der Waals surface area contributed by atoms with Gasteiger partial charge in [0.15, 0.2) is 0 Å². The molecule has 5 heteroatoms. The zero-order valence-electron chi connectivity index (χ0n) is 19.3. The highest BCUT2D eigenvalue weighted by Gasteiger charge is 2.38. The predicted octanol–water partition coefficient (Wildman–Crippen LogP) is 4.15. The van der Waals surface area contributed by atoms with E-state index in [-0.39, 0.29) is 5.91 Å². The Balaban J connectivity index is 1.42. The van der Waals surface area contributed by atoms with Gasteiger partial charge in [-0.3, -0.25) is 9.69 Å². The number of fused-ring (bicyclic) bond motifs is 1. The number of likely N-dealkylation sites (tertiary alicyclic amines) is 1. The molecule has 2 fully saturated rings. The summed E-state index contributed by atoms with van der Waals surface area (Å²) in [5.74, 6) is 2.21. The second-order valence-corrected chi connectivity index (χ2v) is 9.97. The number of carbonyl (C=O) groups is 1. The maximum Gasteiger partial charge on any atom is 0.224 e. The summed E-state index contributed by atoms with van der Waals surface area (Å²) in [6.45, 7) is 6.47. The minimum atomic E-state index is 0.254. The summed E-state index contributed by atoms with van der Waals surface area (Å²) in [4.78, 5) is 17.2. The summed E-state index contributed by atoms with van der Waals surface area (Å²) < 4.78 is 11.4. The molecule has 0 atom stereocenters. The zero-order valence-corrected chi connectivity index (χ0v) is 19.3. The molecule has 2 heterocycles. The molecule has 3 aliphatic rings. The maximum atomic E-state index is 12.5. The Hall–Kier alpha value is -1.59. The van der Waals surface area contributed by atoms with Gasteiger partial charge in [0.2, 0.25) is 5.91 Å². The van der Waals surface area contributed by atoms with Gasteiger partial charge in [-0.25, -0.2) is 0 Å². The van der Waals surface area contributed by atoms with Gasteiger partial charge in [0, 0.05) is 39.8 Å². The lowest BCUT2D eigenvalue weighted by Gasteiger charge is -2.45. The van der Waals surface area contributed by atoms with Gasteiger partial charge in [0.1, 0.15) is 12.4 Å². The summed E-state index contributed by atoms with van der Waals surface area (Å²) in [5, 5.41) is 0. The van der Waals surface area contributed by atoms with Crippen molar-refractivity contribution < 1.29 is 14.3 Å². The molecule has 0 bridgehead atoms. The third-order valence-corrected chi connectivity index (χ3v) is 7.51. The van der Waals surface area contributed by atoms with Crippen molar-refractivity contribution in [2.45, 2.75) is 57.8 Å². The molecule has 0 aromatic heterocycles. The first-order chi connectivity index (χ1) is 15.2. The van der Waals surface area contributed by atoms with E-state index in [1.54, 1.807) is 7.11 Å². The van der Waals surface area contributed by atoms with Crippen LogP contribution in [0.3, 0.4) is 0 Å². The van der Waals surface area contributed by atoms with Crippen LogP contribution in [-0.2, 0) is 16.0 Å². The first kappa shape index (κ1) is 22.6. The van der Waals surface area contributed by atoms with E-state index in [0.717, 1.165) is 63.7 Å². The summed E-state index contributed by atoms with van der Waals surface area (Å²) in [6.07, 6.45) is 10.4. The lowest BCUT2D eigenvalue weighted by Crippen LogP contribution is -2.49. The van der Waals surface area contributed by atoms with Crippen LogP contribution >= 0.6 is 0 Å². The number of hydrogen-bond acceptors (Lipinski definition) is 4. The Morgan fingerprint density at radius 2 is 1.94 bits per heavy atom. The normalized spacial score (nSPS) is 22.8. The monoisotopic (exact) mass is 428 g/mol. The van der Waals surface area contributed by atoms with Gasteiger partial charge in [0.05, 0.1) is 13.0 Å². The van der Waals surface area contributed by atoms with E-state index in [9.17, 15) is 4.79 Å². The van der Waals surface area contributed by atoms with Crippen molar-refractivity contribution in [1.82, 2.24) is 9.80 Å². The van der Waals surface area contributed by atoms with E-state index in [0.29, 0.717) is 18.4 Å². The van der Waals surface area contributed by atoms with Crippen LogP contribution in [0.25, 0.3) is 0 Å². The van der Waals surface area contributed by atoms with Gasteiger partial charge >= 0.3 is 0 Å². The molecular weight excluding hydrogens is 388 g/mol. The minimum Gasteiger partial charge on any atom is -0.492 e. The summed E-state index contributed by atoms with van der Waals surface area (Å²) >= 11 is 0. The number of piperidine rings is 1. The van der Waals surface area contributed by atoms with Crippen molar-refractivity contribution in [3.05, 3.63) is 29.8 Å². The third kappa shape index (κ3) is 6.45. The smallest absolute Gasteiger partial charge is 0.224 e. The number of amides is 1. The van der Waals surface area contributed by atoms with Gasteiger partial charge in [0.25, 0.3) is 0 Å². The molecule has 5 nitrogen and oxygen atoms in total. The van der Waals surface area contributed by atoms with Crippen LogP contribution in [0.1, 0.15) is 56.9 Å². The van der Waals surface area contributed by atoms with Crippen molar-refractivity contribution in [2.75, 3.05) is 53.0 Å². The molecule has 0 N–H and O–H groups in total. The van der Waals surface area contributed by atoms with Crippen LogP contribution < -0.4 is 4.74 Å². The van der Waals surface area contributed by atoms with E-state index in [1.165, 1.54) is 44.2 Å². The van der Waals surface area contributed by atoms with E-state index >= 15 is 0 Å². The molecule has 1 aliphatic carbocycles. The molecule has 1 saturated carbocycles. The number of aryl methyl sites for hydroxylation is 1. The Morgan fingerprint density at radius 3 is 2.71 bits per heavy atom. The van der Waals surface area contributed by atoms with E-state index < -0.39 is 0 Å². The Labute approximate surface area is 188 Å². The lowest BCUT2D eigenvalue weighted by molar-refractivity contribution is -0.134. The number of ether oxygens (including phenoxy) is 2. The number of para-hydroxylation sites is 1. The number of hydrogen-bond donors (Lipinski definition) is 0. The standard InChI is InChI=1S/C26H40N2O3/c1-30-18-11-25(29)28-15-13-26(14-16-28)12-5-4-7-23-6-2-3-8-24(23)31-19-17-27(21-26)20-22-9-10-22/h2-3,6,8,22H,4-5,7,9-21H2,1H3. The molecule has 1 amide bonds. The molecule has 0 unspecified atom stereocenters. The second kappa shape index (κ2) is 10.8. The lowest BCUT2D eigenvalue weighted by atomic mass is 9.73. The quantitative estimate of drug-likeness (QED) is 0.707. The number of benzene rings is 1. The molecule has 1 aromatic carbocycles. The van der Waals surface area contributed by atoms with Gasteiger partial charge in [-0.05, 0) is 67.9 Å². The Kier molecular flexibility index (Phi) is 7.89. The average Bonchev–Trinajstić information content (AvgIpc) is 3.60. The first-order valence-electron chi connectivity index (χ1n) is 12.4. The van der Waals surface area contributed by atoms with Gasteiger partial charge < -0.3 is 14.4 Å². The number of nitrogens with zero attached hydrogens (tertiary/aromatic N) is 2. The second-order valence-electron chi connectivity index (χ2n) is 9.97. The topological polar surface area (TPSA) is 42.0 Å². The van der Waals surface area contributed by atoms with Gasteiger partial charge in [-0.2, -0.15) is 0 Å². The highest BCUT2D eigenvalue weighted by atomic mass is 16.5. The van der Waals surface area contributed by atoms with Crippen LogP contribution in [-0.4, -0.2) is 68.8 Å². The van der Waals surface area contributed by atoms with Crippen molar-refractivity contribution in [1.29, 1.82) is 0 Å². The first-order valence-corrected chi connectivity index (χ1v) is 12.4. The largest absolute Gasteiger partial charge is 0.492 e. The highest BCUT2D eigenvalue weighted by molar-refractivity contribution is 5.76. The summed E-state index contributed by atoms with van der Waals surface area (Å²) in [5.41, 5.74) is 1.69. The number of methoxy groups -OCH3 is 1. The molecule has 0 radical (unpaired) electrons. The number of rotatable bonds is 5.